The van der Waals surface area contributed by atoms with Crippen LogP contribution in [0.1, 0.15) is 43.8 Å². The molecule has 1 aliphatic rings. The lowest BCUT2D eigenvalue weighted by molar-refractivity contribution is 0.0858. The maximum Gasteiger partial charge on any atom is 0.192 e. The molecule has 4 nitrogen and oxygen atoms in total. The lowest BCUT2D eigenvalue weighted by Crippen LogP contribution is -2.17. The number of nitrogens with zero attached hydrogens (tertiary/aromatic N) is 1. The van der Waals surface area contributed by atoms with Crippen LogP contribution in [0, 0.1) is 5.92 Å². The number of pyridine rings is 1. The normalized spacial score (nSPS) is 18.5. The Morgan fingerprint density at radius 2 is 1.86 bits per heavy atom. The van der Waals surface area contributed by atoms with E-state index in [1.54, 1.807) is 12.1 Å². The molecule has 3 rings (SSSR count). The van der Waals surface area contributed by atoms with Crippen LogP contribution in [-0.2, 0) is 9.84 Å². The van der Waals surface area contributed by atoms with Gasteiger partial charge in [0.25, 0.3) is 0 Å². The first-order valence-electron chi connectivity index (χ1n) is 7.74. The summed E-state index contributed by atoms with van der Waals surface area (Å²) in [6, 6.07) is 8.97. The molecule has 22 heavy (non-hydrogen) atoms. The van der Waals surface area contributed by atoms with E-state index in [4.69, 9.17) is 0 Å². The number of sulfone groups is 1. The summed E-state index contributed by atoms with van der Waals surface area (Å²) in [6.07, 6.45) is 5.98. The van der Waals surface area contributed by atoms with Gasteiger partial charge in [-0.1, -0.05) is 37.5 Å². The number of aliphatic hydroxyl groups excluding tert-OH is 1. The summed E-state index contributed by atoms with van der Waals surface area (Å²) in [5.41, 5.74) is 1.31. The number of hydrogen-bond donors (Lipinski definition) is 1. The average molecular weight is 319 g/mol. The van der Waals surface area contributed by atoms with Crippen LogP contribution in [0.5, 0.6) is 0 Å². The second kappa shape index (κ2) is 5.97. The zero-order valence-electron chi connectivity index (χ0n) is 12.7. The van der Waals surface area contributed by atoms with Gasteiger partial charge in [-0.25, -0.2) is 13.4 Å². The van der Waals surface area contributed by atoms with Crippen molar-refractivity contribution in [2.45, 2.75) is 43.2 Å². The standard InChI is InChI=1S/C17H21NO3S/c1-22(20,21)16-11-14(13-9-5-6-10-15(13)18-16)17(19)12-7-3-2-4-8-12/h5-6,9-12,17,19H,2-4,7-8H2,1H3. The smallest absolute Gasteiger partial charge is 0.192 e. The fraction of sp³-hybridized carbons (Fsp3) is 0.471. The minimum absolute atomic E-state index is 0.0380. The summed E-state index contributed by atoms with van der Waals surface area (Å²) >= 11 is 0. The summed E-state index contributed by atoms with van der Waals surface area (Å²) in [5.74, 6) is 0.201. The zero-order valence-corrected chi connectivity index (χ0v) is 13.5. The fourth-order valence-electron chi connectivity index (χ4n) is 3.32. The van der Waals surface area contributed by atoms with Crippen LogP contribution in [0.4, 0.5) is 0 Å². The maximum absolute atomic E-state index is 11.9. The molecule has 5 heteroatoms. The molecule has 1 atom stereocenters. The van der Waals surface area contributed by atoms with Crippen molar-refractivity contribution >= 4 is 20.7 Å². The van der Waals surface area contributed by atoms with Gasteiger partial charge in [0, 0.05) is 11.6 Å². The lowest BCUT2D eigenvalue weighted by Gasteiger charge is -2.27. The summed E-state index contributed by atoms with van der Waals surface area (Å²) in [6.45, 7) is 0. The van der Waals surface area contributed by atoms with Gasteiger partial charge in [0.2, 0.25) is 0 Å². The van der Waals surface area contributed by atoms with Crippen molar-refractivity contribution in [2.24, 2.45) is 5.92 Å². The molecule has 1 aromatic heterocycles. The number of benzene rings is 1. The second-order valence-electron chi connectivity index (χ2n) is 6.18. The second-order valence-corrected chi connectivity index (χ2v) is 8.14. The van der Waals surface area contributed by atoms with E-state index < -0.39 is 15.9 Å². The van der Waals surface area contributed by atoms with Crippen molar-refractivity contribution < 1.29 is 13.5 Å². The Morgan fingerprint density at radius 3 is 2.55 bits per heavy atom. The summed E-state index contributed by atoms with van der Waals surface area (Å²) in [4.78, 5) is 4.24. The molecule has 0 amide bonds. The highest BCUT2D eigenvalue weighted by Crippen LogP contribution is 2.37. The molecular weight excluding hydrogens is 298 g/mol. The van der Waals surface area contributed by atoms with Crippen LogP contribution in [0.15, 0.2) is 35.4 Å². The zero-order chi connectivity index (χ0) is 15.7. The van der Waals surface area contributed by atoms with Crippen molar-refractivity contribution in [3.63, 3.8) is 0 Å². The Balaban J connectivity index is 2.13. The monoisotopic (exact) mass is 319 g/mol. The molecule has 1 saturated carbocycles. The molecule has 0 saturated heterocycles. The highest BCUT2D eigenvalue weighted by molar-refractivity contribution is 7.90. The van der Waals surface area contributed by atoms with Crippen LogP contribution in [0.2, 0.25) is 0 Å². The van der Waals surface area contributed by atoms with E-state index in [1.165, 1.54) is 6.42 Å². The van der Waals surface area contributed by atoms with Gasteiger partial charge >= 0.3 is 0 Å². The molecule has 1 fully saturated rings. The van der Waals surface area contributed by atoms with Gasteiger partial charge < -0.3 is 5.11 Å². The van der Waals surface area contributed by atoms with E-state index in [-0.39, 0.29) is 10.9 Å². The predicted molar refractivity (Wildman–Crippen MR) is 86.4 cm³/mol. The van der Waals surface area contributed by atoms with Gasteiger partial charge in [0.05, 0.1) is 11.6 Å². The highest BCUT2D eigenvalue weighted by atomic mass is 32.2. The number of fused-ring (bicyclic) bond motifs is 1. The SMILES string of the molecule is CS(=O)(=O)c1cc(C(O)C2CCCCC2)c2ccccc2n1. The van der Waals surface area contributed by atoms with Crippen LogP contribution in [0.25, 0.3) is 10.9 Å². The number of para-hydroxylation sites is 1. The summed E-state index contributed by atoms with van der Waals surface area (Å²) in [7, 11) is -3.40. The Labute approximate surface area is 131 Å². The van der Waals surface area contributed by atoms with Gasteiger partial charge in [-0.05, 0) is 36.5 Å². The van der Waals surface area contributed by atoms with Gasteiger partial charge in [-0.2, -0.15) is 0 Å². The van der Waals surface area contributed by atoms with Crippen LogP contribution < -0.4 is 0 Å². The third-order valence-corrected chi connectivity index (χ3v) is 5.49. The Kier molecular flexibility index (Phi) is 4.19. The Hall–Kier alpha value is -1.46. The number of rotatable bonds is 3. The Morgan fingerprint density at radius 1 is 1.18 bits per heavy atom. The van der Waals surface area contributed by atoms with E-state index in [1.807, 2.05) is 18.2 Å². The summed E-state index contributed by atoms with van der Waals surface area (Å²) in [5, 5.41) is 11.7. The molecule has 0 spiro atoms. The van der Waals surface area contributed by atoms with Crippen LogP contribution in [-0.4, -0.2) is 24.8 Å². The quantitative estimate of drug-likeness (QED) is 0.943. The van der Waals surface area contributed by atoms with Gasteiger partial charge in [0.1, 0.15) is 0 Å². The van der Waals surface area contributed by atoms with Gasteiger partial charge in [-0.3, -0.25) is 0 Å². The van der Waals surface area contributed by atoms with Crippen molar-refractivity contribution in [2.75, 3.05) is 6.26 Å². The number of hydrogen-bond acceptors (Lipinski definition) is 4. The van der Waals surface area contributed by atoms with Crippen molar-refractivity contribution in [1.82, 2.24) is 4.98 Å². The minimum Gasteiger partial charge on any atom is -0.388 e. The minimum atomic E-state index is -3.40. The molecule has 2 aromatic rings. The van der Waals surface area contributed by atoms with Crippen LogP contribution in [0.3, 0.4) is 0 Å². The molecule has 0 radical (unpaired) electrons. The highest BCUT2D eigenvalue weighted by Gasteiger charge is 2.26. The van der Waals surface area contributed by atoms with Gasteiger partial charge in [0.15, 0.2) is 14.9 Å². The first kappa shape index (κ1) is 15.4. The van der Waals surface area contributed by atoms with Gasteiger partial charge in [-0.15, -0.1) is 0 Å². The van der Waals surface area contributed by atoms with Crippen molar-refractivity contribution in [3.05, 3.63) is 35.9 Å². The average Bonchev–Trinajstić information content (AvgIpc) is 2.53. The van der Waals surface area contributed by atoms with Crippen molar-refractivity contribution in [3.8, 4) is 0 Å². The lowest BCUT2D eigenvalue weighted by atomic mass is 9.82. The third-order valence-electron chi connectivity index (χ3n) is 4.52. The molecular formula is C17H21NO3S. The van der Waals surface area contributed by atoms with E-state index in [2.05, 4.69) is 4.98 Å². The number of aromatic nitrogens is 1. The molecule has 0 aliphatic heterocycles. The van der Waals surface area contributed by atoms with E-state index in [9.17, 15) is 13.5 Å². The first-order valence-corrected chi connectivity index (χ1v) is 9.64. The fourth-order valence-corrected chi connectivity index (χ4v) is 3.92. The topological polar surface area (TPSA) is 67.3 Å². The summed E-state index contributed by atoms with van der Waals surface area (Å²) < 4.78 is 23.8. The molecule has 118 valence electrons. The molecule has 0 bridgehead atoms. The largest absolute Gasteiger partial charge is 0.388 e. The first-order chi connectivity index (χ1) is 10.5. The maximum atomic E-state index is 11.9. The predicted octanol–water partition coefficient (Wildman–Crippen LogP) is 3.25. The Bertz CT molecular complexity index is 780. The molecule has 1 aromatic carbocycles. The molecule has 1 unspecified atom stereocenters. The molecule has 1 heterocycles. The van der Waals surface area contributed by atoms with E-state index in [0.717, 1.165) is 37.3 Å². The van der Waals surface area contributed by atoms with E-state index >= 15 is 0 Å². The molecule has 1 aliphatic carbocycles. The third kappa shape index (κ3) is 3.01. The van der Waals surface area contributed by atoms with Crippen molar-refractivity contribution in [1.29, 1.82) is 0 Å². The van der Waals surface area contributed by atoms with Crippen LogP contribution >= 0.6 is 0 Å². The van der Waals surface area contributed by atoms with E-state index in [0.29, 0.717) is 11.1 Å². The molecule has 1 N–H and O–H groups in total. The number of aliphatic hydroxyl groups is 1.